The first-order valence-corrected chi connectivity index (χ1v) is 5.56. The first-order chi connectivity index (χ1) is 5.72. The predicted molar refractivity (Wildman–Crippen MR) is 53.4 cm³/mol. The van der Waals surface area contributed by atoms with Crippen LogP contribution in [0, 0.1) is 3.14 Å². The van der Waals surface area contributed by atoms with Crippen LogP contribution in [0.3, 0.4) is 0 Å². The minimum Gasteiger partial charge on any atom is -0.466 e. The second-order valence-electron chi connectivity index (χ2n) is 2.04. The van der Waals surface area contributed by atoms with Crippen molar-refractivity contribution in [2.24, 2.45) is 0 Å². The van der Waals surface area contributed by atoms with Gasteiger partial charge in [0.2, 0.25) is 0 Å². The summed E-state index contributed by atoms with van der Waals surface area (Å²) in [6.07, 6.45) is 0.353. The van der Waals surface area contributed by atoms with Crippen molar-refractivity contribution in [2.45, 2.75) is 13.3 Å². The molecular formula is C7H8O2S3. The lowest BCUT2D eigenvalue weighted by molar-refractivity contribution is -0.142. The van der Waals surface area contributed by atoms with Crippen LogP contribution in [-0.2, 0) is 16.0 Å². The third-order valence-corrected chi connectivity index (χ3v) is 3.64. The third-order valence-electron chi connectivity index (χ3n) is 1.12. The standard InChI is InChI=1S/C7H8O2S3/c1-2-9-6(8)3-5-4-11-7(10)12-5/h4H,2-3H2,1H3. The van der Waals surface area contributed by atoms with Crippen LogP contribution in [0.4, 0.5) is 0 Å². The van der Waals surface area contributed by atoms with E-state index in [1.807, 2.05) is 5.38 Å². The molecule has 0 spiro atoms. The van der Waals surface area contributed by atoms with Gasteiger partial charge in [-0.1, -0.05) is 12.2 Å². The van der Waals surface area contributed by atoms with E-state index in [1.165, 1.54) is 22.7 Å². The predicted octanol–water partition coefficient (Wildman–Crippen LogP) is 2.64. The molecule has 1 aromatic rings. The fourth-order valence-electron chi connectivity index (χ4n) is 0.701. The van der Waals surface area contributed by atoms with Crippen molar-refractivity contribution in [3.63, 3.8) is 0 Å². The second-order valence-corrected chi connectivity index (χ2v) is 5.24. The van der Waals surface area contributed by atoms with E-state index in [0.29, 0.717) is 13.0 Å². The van der Waals surface area contributed by atoms with E-state index in [-0.39, 0.29) is 5.97 Å². The molecule has 0 bridgehead atoms. The highest BCUT2D eigenvalue weighted by Gasteiger charge is 2.04. The van der Waals surface area contributed by atoms with E-state index in [1.54, 1.807) is 6.92 Å². The van der Waals surface area contributed by atoms with Gasteiger partial charge in [0.25, 0.3) is 0 Å². The average molecular weight is 220 g/mol. The first kappa shape index (κ1) is 9.83. The van der Waals surface area contributed by atoms with Crippen molar-refractivity contribution in [2.75, 3.05) is 6.61 Å². The quantitative estimate of drug-likeness (QED) is 0.578. The number of ether oxygens (including phenoxy) is 1. The van der Waals surface area contributed by atoms with Crippen LogP contribution in [0.15, 0.2) is 5.38 Å². The van der Waals surface area contributed by atoms with E-state index in [9.17, 15) is 4.79 Å². The Labute approximate surface area is 83.8 Å². The second kappa shape index (κ2) is 4.69. The van der Waals surface area contributed by atoms with Crippen LogP contribution < -0.4 is 0 Å². The number of hydrogen-bond acceptors (Lipinski definition) is 5. The fraction of sp³-hybridized carbons (Fsp3) is 0.429. The van der Waals surface area contributed by atoms with Crippen LogP contribution >= 0.6 is 34.9 Å². The largest absolute Gasteiger partial charge is 0.466 e. The molecule has 0 saturated heterocycles. The SMILES string of the molecule is CCOC(=O)Cc1csc(=S)s1. The molecule has 0 aliphatic rings. The van der Waals surface area contributed by atoms with Crippen molar-refractivity contribution >= 4 is 40.9 Å². The zero-order chi connectivity index (χ0) is 8.97. The number of hydrogen-bond donors (Lipinski definition) is 0. The van der Waals surface area contributed by atoms with Crippen molar-refractivity contribution < 1.29 is 9.53 Å². The van der Waals surface area contributed by atoms with Gasteiger partial charge in [-0.2, -0.15) is 0 Å². The summed E-state index contributed by atoms with van der Waals surface area (Å²) in [5.41, 5.74) is 0. The summed E-state index contributed by atoms with van der Waals surface area (Å²) in [6, 6.07) is 0. The minimum atomic E-state index is -0.179. The molecule has 1 heterocycles. The smallest absolute Gasteiger partial charge is 0.311 e. The zero-order valence-corrected chi connectivity index (χ0v) is 8.98. The number of carbonyl (C=O) groups is 1. The molecule has 0 amide bonds. The molecule has 12 heavy (non-hydrogen) atoms. The number of carbonyl (C=O) groups excluding carboxylic acids is 1. The molecule has 0 atom stereocenters. The maximum atomic E-state index is 11.0. The summed E-state index contributed by atoms with van der Waals surface area (Å²) in [6.45, 7) is 2.24. The Morgan fingerprint density at radius 2 is 2.50 bits per heavy atom. The van der Waals surface area contributed by atoms with Gasteiger partial charge < -0.3 is 4.74 Å². The molecule has 0 fully saturated rings. The van der Waals surface area contributed by atoms with Crippen molar-refractivity contribution in [3.8, 4) is 0 Å². The van der Waals surface area contributed by atoms with E-state index in [0.717, 1.165) is 8.01 Å². The van der Waals surface area contributed by atoms with Gasteiger partial charge in [-0.05, 0) is 6.92 Å². The Balaban J connectivity index is 2.52. The maximum absolute atomic E-state index is 11.0. The van der Waals surface area contributed by atoms with Crippen LogP contribution in [0.5, 0.6) is 0 Å². The lowest BCUT2D eigenvalue weighted by atomic mass is 10.4. The zero-order valence-electron chi connectivity index (χ0n) is 6.53. The normalized spacial score (nSPS) is 9.75. The molecular weight excluding hydrogens is 212 g/mol. The Hall–Kier alpha value is -0.260. The monoisotopic (exact) mass is 220 g/mol. The van der Waals surface area contributed by atoms with Crippen LogP contribution in [0.25, 0.3) is 0 Å². The summed E-state index contributed by atoms with van der Waals surface area (Å²) < 4.78 is 5.65. The van der Waals surface area contributed by atoms with Crippen molar-refractivity contribution in [1.29, 1.82) is 0 Å². The molecule has 0 aliphatic carbocycles. The highest BCUT2D eigenvalue weighted by Crippen LogP contribution is 2.17. The summed E-state index contributed by atoms with van der Waals surface area (Å²) in [5, 5.41) is 1.91. The third kappa shape index (κ3) is 3.00. The fourth-order valence-corrected chi connectivity index (χ4v) is 2.88. The van der Waals surface area contributed by atoms with Gasteiger partial charge in [0, 0.05) is 10.3 Å². The Kier molecular flexibility index (Phi) is 3.84. The molecule has 0 aromatic carbocycles. The van der Waals surface area contributed by atoms with Gasteiger partial charge in [0.15, 0.2) is 0 Å². The van der Waals surface area contributed by atoms with E-state index < -0.39 is 0 Å². The van der Waals surface area contributed by atoms with Gasteiger partial charge in [-0.25, -0.2) is 0 Å². The molecule has 0 unspecified atom stereocenters. The Morgan fingerprint density at radius 3 is 3.00 bits per heavy atom. The highest BCUT2D eigenvalue weighted by molar-refractivity contribution is 7.76. The summed E-state index contributed by atoms with van der Waals surface area (Å²) in [5.74, 6) is -0.179. The van der Waals surface area contributed by atoms with Gasteiger partial charge >= 0.3 is 5.97 Å². The van der Waals surface area contributed by atoms with Crippen molar-refractivity contribution in [1.82, 2.24) is 0 Å². The summed E-state index contributed by atoms with van der Waals surface area (Å²) in [4.78, 5) is 12.0. The number of rotatable bonds is 3. The van der Waals surface area contributed by atoms with Gasteiger partial charge in [-0.15, -0.1) is 22.7 Å². The Bertz CT molecular complexity index is 312. The van der Waals surface area contributed by atoms with Crippen LogP contribution in [0.1, 0.15) is 11.8 Å². The molecule has 0 aliphatic heterocycles. The van der Waals surface area contributed by atoms with E-state index in [2.05, 4.69) is 0 Å². The lowest BCUT2D eigenvalue weighted by Crippen LogP contribution is -2.05. The Morgan fingerprint density at radius 1 is 1.75 bits per heavy atom. The molecule has 0 saturated carbocycles. The molecule has 1 rings (SSSR count). The minimum absolute atomic E-state index is 0.179. The first-order valence-electron chi connectivity index (χ1n) is 3.45. The van der Waals surface area contributed by atoms with E-state index >= 15 is 0 Å². The molecule has 0 N–H and O–H groups in total. The molecule has 1 aromatic heterocycles. The average Bonchev–Trinajstić information content (AvgIpc) is 2.36. The number of esters is 1. The highest BCUT2D eigenvalue weighted by atomic mass is 32.2. The summed E-state index contributed by atoms with van der Waals surface area (Å²) >= 11 is 7.90. The summed E-state index contributed by atoms with van der Waals surface area (Å²) in [7, 11) is 0. The molecule has 2 nitrogen and oxygen atoms in total. The van der Waals surface area contributed by atoms with Crippen LogP contribution in [-0.4, -0.2) is 12.6 Å². The maximum Gasteiger partial charge on any atom is 0.311 e. The molecule has 66 valence electrons. The van der Waals surface area contributed by atoms with Gasteiger partial charge in [0.05, 0.1) is 13.0 Å². The van der Waals surface area contributed by atoms with Crippen LogP contribution in [0.2, 0.25) is 0 Å². The lowest BCUT2D eigenvalue weighted by Gasteiger charge is -1.97. The van der Waals surface area contributed by atoms with Crippen molar-refractivity contribution in [3.05, 3.63) is 13.4 Å². The molecule has 5 heteroatoms. The van der Waals surface area contributed by atoms with Gasteiger partial charge in [0.1, 0.15) is 3.14 Å². The van der Waals surface area contributed by atoms with E-state index in [4.69, 9.17) is 17.0 Å². The topological polar surface area (TPSA) is 26.3 Å². The van der Waals surface area contributed by atoms with Gasteiger partial charge in [-0.3, -0.25) is 4.79 Å². The molecule has 0 radical (unpaired) electrons.